The second-order valence-electron chi connectivity index (χ2n) is 11.1. The van der Waals surface area contributed by atoms with E-state index in [4.69, 9.17) is 9.47 Å². The standard InChI is InChI=1S/C42H36Br2O2S/c1-3-45-33-19-15-31(16-20-33)41-35(27-29-11-7-5-8-12-29)37(43)23-25-39(41)47-40-26-24-38(44)36(28-30-13-9-6-10-14-30)42(40)32-17-21-34(22-18-32)46-4-2/h5-26H,3-4,27-28H2,1-2H3. The fraction of sp³-hybridized carbons (Fsp3) is 0.143. The minimum atomic E-state index is 0.639. The predicted molar refractivity (Wildman–Crippen MR) is 204 cm³/mol. The minimum absolute atomic E-state index is 0.639. The molecule has 0 aromatic heterocycles. The Hall–Kier alpha value is -3.77. The summed E-state index contributed by atoms with van der Waals surface area (Å²) in [4.78, 5) is 2.40. The molecule has 6 rings (SSSR count). The maximum atomic E-state index is 5.81. The van der Waals surface area contributed by atoms with Crippen LogP contribution in [0.3, 0.4) is 0 Å². The van der Waals surface area contributed by atoms with E-state index in [-0.39, 0.29) is 0 Å². The zero-order valence-electron chi connectivity index (χ0n) is 26.5. The number of hydrogen-bond acceptors (Lipinski definition) is 3. The SMILES string of the molecule is CCOc1ccc(-c2c(Sc3ccc(Br)c(Cc4ccccc4)c3-c3ccc(OCC)cc3)ccc(Br)c2Cc2ccccc2)cc1. The smallest absolute Gasteiger partial charge is 0.119 e. The second-order valence-corrected chi connectivity index (χ2v) is 13.9. The first-order valence-corrected chi connectivity index (χ1v) is 18.3. The maximum Gasteiger partial charge on any atom is 0.119 e. The Kier molecular flexibility index (Phi) is 11.2. The molecule has 0 N–H and O–H groups in total. The summed E-state index contributed by atoms with van der Waals surface area (Å²) in [6.07, 6.45) is 1.62. The molecule has 0 radical (unpaired) electrons. The molecule has 0 saturated carbocycles. The van der Waals surface area contributed by atoms with E-state index in [0.717, 1.165) is 44.4 Å². The molecule has 0 bridgehead atoms. The van der Waals surface area contributed by atoms with Crippen molar-refractivity contribution in [3.8, 4) is 33.8 Å². The Bertz CT molecular complexity index is 1780. The van der Waals surface area contributed by atoms with Crippen molar-refractivity contribution in [3.63, 3.8) is 0 Å². The van der Waals surface area contributed by atoms with E-state index >= 15 is 0 Å². The third-order valence-electron chi connectivity index (χ3n) is 8.01. The van der Waals surface area contributed by atoms with Gasteiger partial charge < -0.3 is 9.47 Å². The van der Waals surface area contributed by atoms with E-state index in [0.29, 0.717) is 13.2 Å². The van der Waals surface area contributed by atoms with Crippen molar-refractivity contribution in [1.29, 1.82) is 0 Å². The van der Waals surface area contributed by atoms with E-state index in [1.54, 1.807) is 0 Å². The van der Waals surface area contributed by atoms with Crippen molar-refractivity contribution in [2.75, 3.05) is 13.2 Å². The number of benzene rings is 6. The molecule has 0 aliphatic carbocycles. The molecule has 6 aromatic carbocycles. The van der Waals surface area contributed by atoms with Gasteiger partial charge in [-0.05, 0) is 109 Å². The Balaban J connectivity index is 1.52. The average Bonchev–Trinajstić information content (AvgIpc) is 3.10. The molecule has 0 atom stereocenters. The third-order valence-corrected chi connectivity index (χ3v) is 10.6. The summed E-state index contributed by atoms with van der Waals surface area (Å²) >= 11 is 9.70. The Morgan fingerprint density at radius 1 is 0.468 bits per heavy atom. The minimum Gasteiger partial charge on any atom is -0.494 e. The number of halogens is 2. The van der Waals surface area contributed by atoms with Gasteiger partial charge in [0, 0.05) is 29.9 Å². The molecular weight excluding hydrogens is 728 g/mol. The molecule has 0 saturated heterocycles. The quantitative estimate of drug-likeness (QED) is 0.124. The van der Waals surface area contributed by atoms with Crippen LogP contribution in [0.1, 0.15) is 36.1 Å². The summed E-state index contributed by atoms with van der Waals surface area (Å²) in [5, 5.41) is 0. The van der Waals surface area contributed by atoms with Gasteiger partial charge in [0.15, 0.2) is 0 Å². The molecule has 5 heteroatoms. The highest BCUT2D eigenvalue weighted by atomic mass is 79.9. The van der Waals surface area contributed by atoms with Crippen LogP contribution in [0.15, 0.2) is 152 Å². The highest BCUT2D eigenvalue weighted by Gasteiger charge is 2.20. The lowest BCUT2D eigenvalue weighted by Gasteiger charge is -2.21. The number of ether oxygens (including phenoxy) is 2. The fourth-order valence-corrected chi connectivity index (χ4v) is 7.97. The summed E-state index contributed by atoms with van der Waals surface area (Å²) in [5.74, 6) is 1.75. The van der Waals surface area contributed by atoms with E-state index in [2.05, 4.69) is 165 Å². The summed E-state index contributed by atoms with van der Waals surface area (Å²) < 4.78 is 13.8. The average molecular weight is 765 g/mol. The molecule has 0 spiro atoms. The monoisotopic (exact) mass is 762 g/mol. The maximum absolute atomic E-state index is 5.81. The van der Waals surface area contributed by atoms with Gasteiger partial charge in [-0.15, -0.1) is 0 Å². The first kappa shape index (κ1) is 33.1. The topological polar surface area (TPSA) is 18.5 Å². The molecule has 236 valence electrons. The van der Waals surface area contributed by atoms with Gasteiger partial charge in [0.25, 0.3) is 0 Å². The van der Waals surface area contributed by atoms with Crippen molar-refractivity contribution in [3.05, 3.63) is 165 Å². The predicted octanol–water partition coefficient (Wildman–Crippen LogP) is 12.7. The number of hydrogen-bond donors (Lipinski definition) is 0. The Morgan fingerprint density at radius 3 is 1.21 bits per heavy atom. The molecule has 6 aromatic rings. The van der Waals surface area contributed by atoms with Crippen LogP contribution in [0.4, 0.5) is 0 Å². The van der Waals surface area contributed by atoms with Gasteiger partial charge in [0.05, 0.1) is 13.2 Å². The van der Waals surface area contributed by atoms with Gasteiger partial charge in [0.2, 0.25) is 0 Å². The van der Waals surface area contributed by atoms with Crippen LogP contribution in [0, 0.1) is 0 Å². The van der Waals surface area contributed by atoms with E-state index in [1.807, 2.05) is 25.6 Å². The molecule has 2 nitrogen and oxygen atoms in total. The van der Waals surface area contributed by atoms with Crippen LogP contribution in [0.2, 0.25) is 0 Å². The lowest BCUT2D eigenvalue weighted by molar-refractivity contribution is 0.340. The Morgan fingerprint density at radius 2 is 0.851 bits per heavy atom. The van der Waals surface area contributed by atoms with Crippen molar-refractivity contribution >= 4 is 43.6 Å². The van der Waals surface area contributed by atoms with Crippen molar-refractivity contribution < 1.29 is 9.47 Å². The van der Waals surface area contributed by atoms with Gasteiger partial charge in [0.1, 0.15) is 11.5 Å². The second kappa shape index (κ2) is 15.9. The van der Waals surface area contributed by atoms with Crippen molar-refractivity contribution in [2.24, 2.45) is 0 Å². The van der Waals surface area contributed by atoms with Crippen LogP contribution in [-0.4, -0.2) is 13.2 Å². The molecule has 0 aliphatic heterocycles. The zero-order chi connectivity index (χ0) is 32.6. The lowest BCUT2D eigenvalue weighted by Crippen LogP contribution is -1.99. The summed E-state index contributed by atoms with van der Waals surface area (Å²) in [5.41, 5.74) is 9.82. The van der Waals surface area contributed by atoms with Gasteiger partial charge in [-0.1, -0.05) is 129 Å². The molecule has 0 aliphatic rings. The van der Waals surface area contributed by atoms with Gasteiger partial charge in [-0.3, -0.25) is 0 Å². The molecule has 0 amide bonds. The first-order valence-electron chi connectivity index (χ1n) is 15.9. The molecule has 0 unspecified atom stereocenters. The fourth-order valence-electron chi connectivity index (χ4n) is 5.84. The van der Waals surface area contributed by atoms with Crippen molar-refractivity contribution in [1.82, 2.24) is 0 Å². The first-order chi connectivity index (χ1) is 23.0. The molecule has 47 heavy (non-hydrogen) atoms. The zero-order valence-corrected chi connectivity index (χ0v) is 30.5. The van der Waals surface area contributed by atoms with E-state index in [1.165, 1.54) is 43.2 Å². The summed E-state index contributed by atoms with van der Waals surface area (Å²) in [6, 6.07) is 47.3. The highest BCUT2D eigenvalue weighted by Crippen LogP contribution is 2.47. The summed E-state index contributed by atoms with van der Waals surface area (Å²) in [6.45, 7) is 5.31. The van der Waals surface area contributed by atoms with E-state index in [9.17, 15) is 0 Å². The van der Waals surface area contributed by atoms with Crippen molar-refractivity contribution in [2.45, 2.75) is 36.5 Å². The number of rotatable bonds is 12. The van der Waals surface area contributed by atoms with Gasteiger partial charge in [-0.2, -0.15) is 0 Å². The normalized spacial score (nSPS) is 11.0. The van der Waals surface area contributed by atoms with E-state index < -0.39 is 0 Å². The highest BCUT2D eigenvalue weighted by molar-refractivity contribution is 9.10. The van der Waals surface area contributed by atoms with Crippen LogP contribution in [0.25, 0.3) is 22.3 Å². The van der Waals surface area contributed by atoms with Crippen LogP contribution in [-0.2, 0) is 12.8 Å². The lowest BCUT2D eigenvalue weighted by atomic mass is 9.94. The molecule has 0 heterocycles. The van der Waals surface area contributed by atoms with Crippen LogP contribution >= 0.6 is 43.6 Å². The third kappa shape index (κ3) is 8.03. The largest absolute Gasteiger partial charge is 0.494 e. The van der Waals surface area contributed by atoms with Gasteiger partial charge >= 0.3 is 0 Å². The van der Waals surface area contributed by atoms with Crippen LogP contribution in [0.5, 0.6) is 11.5 Å². The van der Waals surface area contributed by atoms with Crippen LogP contribution < -0.4 is 9.47 Å². The Labute approximate surface area is 299 Å². The van der Waals surface area contributed by atoms with Gasteiger partial charge in [-0.25, -0.2) is 0 Å². The summed E-state index contributed by atoms with van der Waals surface area (Å²) in [7, 11) is 0. The molecule has 0 fully saturated rings. The molecular formula is C42H36Br2O2S.